The highest BCUT2D eigenvalue weighted by Gasteiger charge is 2.14. The highest BCUT2D eigenvalue weighted by atomic mass is 79.9. The molecule has 0 spiro atoms. The number of ether oxygens (including phenoxy) is 1. The summed E-state index contributed by atoms with van der Waals surface area (Å²) in [4.78, 5) is 13.7. The van der Waals surface area contributed by atoms with E-state index in [1.807, 2.05) is 36.4 Å². The Labute approximate surface area is 131 Å². The minimum Gasteiger partial charge on any atom is -0.468 e. The molecule has 0 atom stereocenters. The number of benzene rings is 2. The van der Waals surface area contributed by atoms with Crippen LogP contribution in [0.15, 0.2) is 40.9 Å². The molecule has 0 aliphatic carbocycles. The van der Waals surface area contributed by atoms with E-state index in [1.165, 1.54) is 7.11 Å². The van der Waals surface area contributed by atoms with Crippen molar-refractivity contribution < 1.29 is 9.53 Å². The zero-order valence-corrected chi connectivity index (χ0v) is 13.6. The Hall–Kier alpha value is -1.46. The molecule has 2 rings (SSSR count). The van der Waals surface area contributed by atoms with Gasteiger partial charge in [0.25, 0.3) is 0 Å². The van der Waals surface area contributed by atoms with Gasteiger partial charge in [0.2, 0.25) is 0 Å². The van der Waals surface area contributed by atoms with Crippen molar-refractivity contribution in [3.8, 4) is 0 Å². The molecule has 0 aromatic heterocycles. The molecule has 3 nitrogen and oxygen atoms in total. The smallest absolute Gasteiger partial charge is 0.325 e. The number of hydrogen-bond acceptors (Lipinski definition) is 3. The van der Waals surface area contributed by atoms with Gasteiger partial charge in [-0.3, -0.25) is 4.79 Å². The summed E-state index contributed by atoms with van der Waals surface area (Å²) in [6.45, 7) is 0.139. The van der Waals surface area contributed by atoms with Gasteiger partial charge in [0.1, 0.15) is 11.5 Å². The van der Waals surface area contributed by atoms with Crippen LogP contribution in [0.4, 0.5) is 0 Å². The molecule has 2 aromatic rings. The fourth-order valence-corrected chi connectivity index (χ4v) is 2.73. The lowest BCUT2D eigenvalue weighted by atomic mass is 10.0. The maximum Gasteiger partial charge on any atom is 0.325 e. The molecule has 0 saturated heterocycles. The number of carbonyl (C=O) groups is 1. The predicted molar refractivity (Wildman–Crippen MR) is 88.0 cm³/mol. The van der Waals surface area contributed by atoms with E-state index in [1.54, 1.807) is 11.9 Å². The van der Waals surface area contributed by atoms with Gasteiger partial charge in [0.15, 0.2) is 0 Å². The number of fused-ring (bicyclic) bond motifs is 1. The van der Waals surface area contributed by atoms with Crippen LogP contribution in [0.25, 0.3) is 10.8 Å². The number of rotatable bonds is 3. The van der Waals surface area contributed by atoms with Gasteiger partial charge in [-0.05, 0) is 16.8 Å². The van der Waals surface area contributed by atoms with Gasteiger partial charge in [-0.15, -0.1) is 0 Å². The summed E-state index contributed by atoms with van der Waals surface area (Å²) >= 11 is 9.02. The SMILES string of the molecule is COC(=O)CN(C)C(=S)c1cccc2c(Br)cccc12. The van der Waals surface area contributed by atoms with Gasteiger partial charge >= 0.3 is 5.97 Å². The van der Waals surface area contributed by atoms with Crippen molar-refractivity contribution in [1.82, 2.24) is 4.90 Å². The van der Waals surface area contributed by atoms with E-state index in [-0.39, 0.29) is 12.5 Å². The first-order chi connectivity index (χ1) is 9.54. The molecular weight excluding hydrogens is 338 g/mol. The fraction of sp³-hybridized carbons (Fsp3) is 0.200. The number of halogens is 1. The molecule has 5 heteroatoms. The topological polar surface area (TPSA) is 29.5 Å². The highest BCUT2D eigenvalue weighted by Crippen LogP contribution is 2.27. The lowest BCUT2D eigenvalue weighted by Crippen LogP contribution is -2.32. The molecule has 0 saturated carbocycles. The van der Waals surface area contributed by atoms with Gasteiger partial charge < -0.3 is 9.64 Å². The van der Waals surface area contributed by atoms with Crippen LogP contribution in [0.2, 0.25) is 0 Å². The number of esters is 1. The third-order valence-electron chi connectivity index (χ3n) is 3.04. The molecule has 20 heavy (non-hydrogen) atoms. The monoisotopic (exact) mass is 351 g/mol. The largest absolute Gasteiger partial charge is 0.468 e. The quantitative estimate of drug-likeness (QED) is 0.626. The maximum atomic E-state index is 11.3. The van der Waals surface area contributed by atoms with Gasteiger partial charge in [-0.25, -0.2) is 0 Å². The van der Waals surface area contributed by atoms with Gasteiger partial charge in [-0.1, -0.05) is 58.5 Å². The van der Waals surface area contributed by atoms with E-state index < -0.39 is 0 Å². The van der Waals surface area contributed by atoms with Crippen molar-refractivity contribution in [2.24, 2.45) is 0 Å². The lowest BCUT2D eigenvalue weighted by molar-refractivity contribution is -0.140. The Kier molecular flexibility index (Phi) is 4.73. The Balaban J connectivity index is 2.40. The first-order valence-corrected chi connectivity index (χ1v) is 7.24. The van der Waals surface area contributed by atoms with E-state index >= 15 is 0 Å². The summed E-state index contributed by atoms with van der Waals surface area (Å²) in [7, 11) is 3.16. The van der Waals surface area contributed by atoms with Crippen LogP contribution in [-0.4, -0.2) is 36.6 Å². The molecule has 0 amide bonds. The van der Waals surface area contributed by atoms with Crippen molar-refractivity contribution in [2.45, 2.75) is 0 Å². The number of likely N-dealkylation sites (N-methyl/N-ethyl adjacent to an activating group) is 1. The number of nitrogens with zero attached hydrogens (tertiary/aromatic N) is 1. The summed E-state index contributed by atoms with van der Waals surface area (Å²) in [5, 5.41) is 2.16. The van der Waals surface area contributed by atoms with Crippen LogP contribution >= 0.6 is 28.1 Å². The van der Waals surface area contributed by atoms with Crippen molar-refractivity contribution in [2.75, 3.05) is 20.7 Å². The Morgan fingerprint density at radius 1 is 1.25 bits per heavy atom. The second-order valence-electron chi connectivity index (χ2n) is 4.38. The average molecular weight is 352 g/mol. The second kappa shape index (κ2) is 6.33. The Morgan fingerprint density at radius 3 is 2.60 bits per heavy atom. The zero-order chi connectivity index (χ0) is 14.7. The summed E-state index contributed by atoms with van der Waals surface area (Å²) in [5.41, 5.74) is 0.935. The van der Waals surface area contributed by atoms with Gasteiger partial charge in [-0.2, -0.15) is 0 Å². The van der Waals surface area contributed by atoms with E-state index in [9.17, 15) is 4.79 Å². The Bertz CT molecular complexity index is 672. The van der Waals surface area contributed by atoms with Crippen molar-refractivity contribution in [1.29, 1.82) is 0 Å². The number of carbonyl (C=O) groups excluding carboxylic acids is 1. The minimum absolute atomic E-state index is 0.139. The molecule has 104 valence electrons. The summed E-state index contributed by atoms with van der Waals surface area (Å²) in [5.74, 6) is -0.309. The summed E-state index contributed by atoms with van der Waals surface area (Å²) < 4.78 is 5.69. The fourth-order valence-electron chi connectivity index (χ4n) is 1.99. The van der Waals surface area contributed by atoms with Crippen LogP contribution in [0, 0.1) is 0 Å². The van der Waals surface area contributed by atoms with Crippen LogP contribution in [0.1, 0.15) is 5.56 Å². The van der Waals surface area contributed by atoms with Crippen LogP contribution in [0.3, 0.4) is 0 Å². The standard InChI is InChI=1S/C15H14BrNO2S/c1-17(9-14(18)19-2)15(20)12-7-3-6-11-10(12)5-4-8-13(11)16/h3-8H,9H2,1-2H3. The molecule has 2 aromatic carbocycles. The molecular formula is C15H14BrNO2S. The first kappa shape index (κ1) is 14.9. The van der Waals surface area contributed by atoms with Crippen LogP contribution < -0.4 is 0 Å². The van der Waals surface area contributed by atoms with Crippen LogP contribution in [-0.2, 0) is 9.53 Å². The van der Waals surface area contributed by atoms with E-state index in [0.717, 1.165) is 20.8 Å². The zero-order valence-electron chi connectivity index (χ0n) is 11.2. The lowest BCUT2D eigenvalue weighted by Gasteiger charge is -2.20. The molecule has 0 heterocycles. The molecule has 0 fully saturated rings. The molecule has 0 aliphatic heterocycles. The Morgan fingerprint density at radius 2 is 1.90 bits per heavy atom. The third kappa shape index (κ3) is 2.99. The number of thiocarbonyl (C=S) groups is 1. The third-order valence-corrected chi connectivity index (χ3v) is 4.26. The predicted octanol–water partition coefficient (Wildman–Crippen LogP) is 3.38. The number of hydrogen-bond donors (Lipinski definition) is 0. The van der Waals surface area contributed by atoms with Crippen molar-refractivity contribution >= 4 is 49.9 Å². The highest BCUT2D eigenvalue weighted by molar-refractivity contribution is 9.10. The average Bonchev–Trinajstić information content (AvgIpc) is 2.46. The van der Waals surface area contributed by atoms with E-state index in [4.69, 9.17) is 12.2 Å². The number of methoxy groups -OCH3 is 1. The molecule has 0 aliphatic rings. The summed E-state index contributed by atoms with van der Waals surface area (Å²) in [6, 6.07) is 11.9. The molecule has 0 unspecified atom stereocenters. The molecule has 0 N–H and O–H groups in total. The van der Waals surface area contributed by atoms with Crippen LogP contribution in [0.5, 0.6) is 0 Å². The van der Waals surface area contributed by atoms with Crippen molar-refractivity contribution in [3.05, 3.63) is 46.4 Å². The van der Waals surface area contributed by atoms with Crippen molar-refractivity contribution in [3.63, 3.8) is 0 Å². The summed E-state index contributed by atoms with van der Waals surface area (Å²) in [6.07, 6.45) is 0. The second-order valence-corrected chi connectivity index (χ2v) is 5.62. The maximum absolute atomic E-state index is 11.3. The molecule has 0 bridgehead atoms. The van der Waals surface area contributed by atoms with Gasteiger partial charge in [0.05, 0.1) is 7.11 Å². The first-order valence-electron chi connectivity index (χ1n) is 6.04. The normalized spacial score (nSPS) is 10.3. The minimum atomic E-state index is -0.309. The van der Waals surface area contributed by atoms with Gasteiger partial charge in [0, 0.05) is 17.1 Å². The molecule has 0 radical (unpaired) electrons. The van der Waals surface area contributed by atoms with E-state index in [0.29, 0.717) is 4.99 Å². The van der Waals surface area contributed by atoms with E-state index in [2.05, 4.69) is 20.7 Å².